The number of benzene rings is 1. The van der Waals surface area contributed by atoms with Crippen molar-refractivity contribution in [1.29, 1.82) is 0 Å². The molecule has 2 aromatic heterocycles. The van der Waals surface area contributed by atoms with Crippen LogP contribution in [-0.2, 0) is 0 Å². The van der Waals surface area contributed by atoms with E-state index in [-0.39, 0.29) is 5.56 Å². The Hall–Kier alpha value is -1.94. The first-order chi connectivity index (χ1) is 9.58. The van der Waals surface area contributed by atoms with Crippen LogP contribution in [0.5, 0.6) is 0 Å². The molecular formula is C16H13BrN2O. The van der Waals surface area contributed by atoms with Crippen molar-refractivity contribution >= 4 is 21.6 Å². The standard InChI is InChI=1S/C16H13BrN2O/c1-10-9-18-15-8-12(6-7-19(15)16(10)20)13-4-3-5-14(17)11(13)2/h3-9H,1-2H3. The summed E-state index contributed by atoms with van der Waals surface area (Å²) in [6.45, 7) is 3.84. The predicted molar refractivity (Wildman–Crippen MR) is 84.1 cm³/mol. The molecule has 3 aromatic rings. The Labute approximate surface area is 125 Å². The van der Waals surface area contributed by atoms with Gasteiger partial charge in [0.1, 0.15) is 5.65 Å². The summed E-state index contributed by atoms with van der Waals surface area (Å²) in [6, 6.07) is 9.98. The van der Waals surface area contributed by atoms with E-state index in [1.807, 2.05) is 24.3 Å². The molecule has 20 heavy (non-hydrogen) atoms. The van der Waals surface area contributed by atoms with E-state index in [1.165, 1.54) is 5.56 Å². The fourth-order valence-corrected chi connectivity index (χ4v) is 2.62. The van der Waals surface area contributed by atoms with Gasteiger partial charge in [-0.1, -0.05) is 28.1 Å². The molecule has 0 aliphatic carbocycles. The molecular weight excluding hydrogens is 316 g/mol. The molecule has 0 N–H and O–H groups in total. The average Bonchev–Trinajstić information content (AvgIpc) is 2.46. The molecule has 0 atom stereocenters. The highest BCUT2D eigenvalue weighted by Crippen LogP contribution is 2.28. The van der Waals surface area contributed by atoms with Gasteiger partial charge in [0.05, 0.1) is 0 Å². The van der Waals surface area contributed by atoms with Gasteiger partial charge in [-0.25, -0.2) is 4.98 Å². The van der Waals surface area contributed by atoms with Crippen molar-refractivity contribution in [3.8, 4) is 11.1 Å². The smallest absolute Gasteiger partial charge is 0.260 e. The van der Waals surface area contributed by atoms with E-state index in [0.717, 1.165) is 15.6 Å². The Bertz CT molecular complexity index is 868. The highest BCUT2D eigenvalue weighted by molar-refractivity contribution is 9.10. The van der Waals surface area contributed by atoms with Crippen LogP contribution in [0.2, 0.25) is 0 Å². The lowest BCUT2D eigenvalue weighted by Gasteiger charge is -2.09. The third kappa shape index (κ3) is 2.06. The van der Waals surface area contributed by atoms with Crippen LogP contribution in [0.25, 0.3) is 16.8 Å². The van der Waals surface area contributed by atoms with Crippen LogP contribution < -0.4 is 5.56 Å². The quantitative estimate of drug-likeness (QED) is 0.682. The number of rotatable bonds is 1. The van der Waals surface area contributed by atoms with Gasteiger partial charge in [0.25, 0.3) is 5.56 Å². The van der Waals surface area contributed by atoms with Crippen molar-refractivity contribution in [2.45, 2.75) is 13.8 Å². The van der Waals surface area contributed by atoms with Crippen molar-refractivity contribution in [1.82, 2.24) is 9.38 Å². The molecule has 0 amide bonds. The SMILES string of the molecule is Cc1c(Br)cccc1-c1ccn2c(=O)c(C)cnc2c1. The van der Waals surface area contributed by atoms with Gasteiger partial charge in [-0.05, 0) is 48.7 Å². The Morgan fingerprint density at radius 1 is 1.20 bits per heavy atom. The normalized spacial score (nSPS) is 10.9. The summed E-state index contributed by atoms with van der Waals surface area (Å²) in [5, 5.41) is 0. The summed E-state index contributed by atoms with van der Waals surface area (Å²) in [4.78, 5) is 16.3. The molecule has 0 aliphatic heterocycles. The number of pyridine rings is 1. The molecule has 3 nitrogen and oxygen atoms in total. The number of hydrogen-bond acceptors (Lipinski definition) is 2. The Balaban J connectivity index is 2.26. The molecule has 0 bridgehead atoms. The Morgan fingerprint density at radius 3 is 2.80 bits per heavy atom. The van der Waals surface area contributed by atoms with Gasteiger partial charge in [-0.2, -0.15) is 0 Å². The van der Waals surface area contributed by atoms with Crippen LogP contribution in [0.4, 0.5) is 0 Å². The van der Waals surface area contributed by atoms with Crippen LogP contribution in [0, 0.1) is 13.8 Å². The van der Waals surface area contributed by atoms with Gasteiger partial charge in [0.2, 0.25) is 0 Å². The summed E-state index contributed by atoms with van der Waals surface area (Å²) in [7, 11) is 0. The molecule has 0 radical (unpaired) electrons. The van der Waals surface area contributed by atoms with Crippen LogP contribution >= 0.6 is 15.9 Å². The minimum Gasteiger partial charge on any atom is -0.269 e. The van der Waals surface area contributed by atoms with Gasteiger partial charge >= 0.3 is 0 Å². The van der Waals surface area contributed by atoms with Crippen LogP contribution in [-0.4, -0.2) is 9.38 Å². The van der Waals surface area contributed by atoms with E-state index in [0.29, 0.717) is 11.2 Å². The highest BCUT2D eigenvalue weighted by Gasteiger charge is 2.07. The minimum atomic E-state index is -0.0208. The van der Waals surface area contributed by atoms with E-state index in [1.54, 1.807) is 23.7 Å². The largest absolute Gasteiger partial charge is 0.269 e. The first-order valence-electron chi connectivity index (χ1n) is 6.31. The molecule has 0 spiro atoms. The van der Waals surface area contributed by atoms with E-state index in [4.69, 9.17) is 0 Å². The molecule has 100 valence electrons. The number of aromatic nitrogens is 2. The zero-order chi connectivity index (χ0) is 14.3. The van der Waals surface area contributed by atoms with Crippen molar-refractivity contribution in [3.63, 3.8) is 0 Å². The lowest BCUT2D eigenvalue weighted by atomic mass is 10.0. The average molecular weight is 329 g/mol. The number of aryl methyl sites for hydroxylation is 1. The summed E-state index contributed by atoms with van der Waals surface area (Å²) >= 11 is 3.54. The molecule has 0 saturated carbocycles. The Morgan fingerprint density at radius 2 is 2.00 bits per heavy atom. The topological polar surface area (TPSA) is 34.4 Å². The monoisotopic (exact) mass is 328 g/mol. The molecule has 0 saturated heterocycles. The zero-order valence-electron chi connectivity index (χ0n) is 11.2. The second kappa shape index (κ2) is 4.87. The highest BCUT2D eigenvalue weighted by atomic mass is 79.9. The fourth-order valence-electron chi connectivity index (χ4n) is 2.26. The molecule has 0 fully saturated rings. The first-order valence-corrected chi connectivity index (χ1v) is 7.11. The predicted octanol–water partition coefficient (Wildman–Crippen LogP) is 3.74. The van der Waals surface area contributed by atoms with Gasteiger partial charge < -0.3 is 0 Å². The van der Waals surface area contributed by atoms with Crippen molar-refractivity contribution < 1.29 is 0 Å². The maximum Gasteiger partial charge on any atom is 0.260 e. The van der Waals surface area contributed by atoms with Crippen LogP contribution in [0.1, 0.15) is 11.1 Å². The first kappa shape index (κ1) is 13.1. The summed E-state index contributed by atoms with van der Waals surface area (Å²) in [6.07, 6.45) is 3.41. The van der Waals surface area contributed by atoms with E-state index >= 15 is 0 Å². The lowest BCUT2D eigenvalue weighted by molar-refractivity contribution is 1.02. The Kier molecular flexibility index (Phi) is 3.18. The molecule has 0 unspecified atom stereocenters. The van der Waals surface area contributed by atoms with Crippen molar-refractivity contribution in [2.24, 2.45) is 0 Å². The van der Waals surface area contributed by atoms with Gasteiger partial charge in [0.15, 0.2) is 0 Å². The summed E-state index contributed by atoms with van der Waals surface area (Å²) in [5.41, 5.74) is 4.65. The van der Waals surface area contributed by atoms with Gasteiger partial charge in [-0.15, -0.1) is 0 Å². The second-order valence-corrected chi connectivity index (χ2v) is 5.66. The van der Waals surface area contributed by atoms with Crippen LogP contribution in [0.3, 0.4) is 0 Å². The maximum absolute atomic E-state index is 12.0. The number of halogens is 1. The number of fused-ring (bicyclic) bond motifs is 1. The van der Waals surface area contributed by atoms with Crippen molar-refractivity contribution in [2.75, 3.05) is 0 Å². The molecule has 1 aromatic carbocycles. The summed E-state index contributed by atoms with van der Waals surface area (Å²) in [5.74, 6) is 0. The van der Waals surface area contributed by atoms with E-state index < -0.39 is 0 Å². The molecule has 0 aliphatic rings. The zero-order valence-corrected chi connectivity index (χ0v) is 12.8. The fraction of sp³-hybridized carbons (Fsp3) is 0.125. The lowest BCUT2D eigenvalue weighted by Crippen LogP contribution is -2.16. The number of hydrogen-bond donors (Lipinski definition) is 0. The summed E-state index contributed by atoms with van der Waals surface area (Å²) < 4.78 is 2.65. The molecule has 4 heteroatoms. The second-order valence-electron chi connectivity index (χ2n) is 4.80. The molecule has 2 heterocycles. The third-order valence-electron chi connectivity index (χ3n) is 3.46. The van der Waals surface area contributed by atoms with Crippen molar-refractivity contribution in [3.05, 3.63) is 68.7 Å². The van der Waals surface area contributed by atoms with Gasteiger partial charge in [-0.3, -0.25) is 9.20 Å². The maximum atomic E-state index is 12.0. The minimum absolute atomic E-state index is 0.0208. The number of nitrogens with zero attached hydrogens (tertiary/aromatic N) is 2. The molecule has 3 rings (SSSR count). The van der Waals surface area contributed by atoms with E-state index in [9.17, 15) is 4.79 Å². The third-order valence-corrected chi connectivity index (χ3v) is 4.32. The van der Waals surface area contributed by atoms with E-state index in [2.05, 4.69) is 33.9 Å². The van der Waals surface area contributed by atoms with Gasteiger partial charge in [0, 0.05) is 22.4 Å². The van der Waals surface area contributed by atoms with Crippen LogP contribution in [0.15, 0.2) is 52.0 Å².